The number of benzene rings is 1. The van der Waals surface area contributed by atoms with Crippen LogP contribution in [0, 0.1) is 0 Å². The van der Waals surface area contributed by atoms with E-state index in [9.17, 15) is 4.79 Å². The third-order valence-electron chi connectivity index (χ3n) is 7.27. The van der Waals surface area contributed by atoms with Gasteiger partial charge in [0.05, 0.1) is 26.0 Å². The van der Waals surface area contributed by atoms with Gasteiger partial charge in [-0.3, -0.25) is 4.79 Å². The minimum Gasteiger partial charge on any atom is -0.494 e. The molecule has 0 spiro atoms. The minimum absolute atomic E-state index is 0.0178. The topological polar surface area (TPSA) is 82.1 Å². The average Bonchev–Trinajstić information content (AvgIpc) is 3.30. The van der Waals surface area contributed by atoms with Crippen LogP contribution in [0.1, 0.15) is 68.8 Å². The highest BCUT2D eigenvalue weighted by atomic mass is 16.5. The lowest BCUT2D eigenvalue weighted by Crippen LogP contribution is -2.40. The number of morpholine rings is 1. The number of Topliss-reactive ketones (excluding diaryl/α,β-unsaturated/α-hetero) is 1. The molecule has 1 aromatic carbocycles. The average molecular weight is 509 g/mol. The number of ketones is 1. The van der Waals surface area contributed by atoms with Crippen molar-refractivity contribution in [2.24, 2.45) is 0 Å². The van der Waals surface area contributed by atoms with E-state index >= 15 is 0 Å². The number of carbonyl (C=O) groups excluding carboxylic acids is 1. The van der Waals surface area contributed by atoms with Crippen molar-refractivity contribution in [2.75, 3.05) is 38.3 Å². The van der Waals surface area contributed by atoms with E-state index in [0.717, 1.165) is 48.6 Å². The van der Waals surface area contributed by atoms with Gasteiger partial charge in [0.25, 0.3) is 12.2 Å². The number of rotatable bonds is 7. The van der Waals surface area contributed by atoms with Crippen molar-refractivity contribution in [1.29, 1.82) is 0 Å². The van der Waals surface area contributed by atoms with Crippen LogP contribution in [0.5, 0.6) is 11.6 Å². The maximum Gasteiger partial charge on any atom is 0.329 e. The van der Waals surface area contributed by atoms with E-state index in [0.29, 0.717) is 24.7 Å². The summed E-state index contributed by atoms with van der Waals surface area (Å²) in [7, 11) is 1.70. The molecule has 2 fully saturated rings. The van der Waals surface area contributed by atoms with Crippen molar-refractivity contribution in [2.45, 2.75) is 70.9 Å². The second kappa shape index (κ2) is 10.7. The van der Waals surface area contributed by atoms with Gasteiger partial charge < -0.3 is 19.1 Å². The van der Waals surface area contributed by atoms with Crippen LogP contribution < -0.4 is 19.1 Å². The zero-order valence-electron chi connectivity index (χ0n) is 22.4. The number of aromatic nitrogens is 4. The summed E-state index contributed by atoms with van der Waals surface area (Å²) in [5.41, 5.74) is 3.13. The highest BCUT2D eigenvalue weighted by Gasteiger charge is 2.28. The van der Waals surface area contributed by atoms with Gasteiger partial charge in [-0.15, -0.1) is 4.68 Å². The Balaban J connectivity index is 1.41. The number of methoxy groups -OCH3 is 1. The summed E-state index contributed by atoms with van der Waals surface area (Å²) in [6, 6.07) is 7.71. The Bertz CT molecular complexity index is 1250. The Morgan fingerprint density at radius 1 is 1.14 bits per heavy atom. The molecule has 3 aromatic rings. The van der Waals surface area contributed by atoms with Gasteiger partial charge in [0.15, 0.2) is 6.54 Å². The molecular weight excluding hydrogens is 470 g/mol. The van der Waals surface area contributed by atoms with E-state index in [2.05, 4.69) is 35.9 Å². The second-order valence-electron chi connectivity index (χ2n) is 11.0. The number of ether oxygens (including phenoxy) is 3. The van der Waals surface area contributed by atoms with Gasteiger partial charge in [0.1, 0.15) is 11.9 Å². The highest BCUT2D eigenvalue weighted by molar-refractivity contribution is 5.97. The number of hydrogen-bond donors (Lipinski definition) is 0. The Morgan fingerprint density at radius 3 is 2.59 bits per heavy atom. The van der Waals surface area contributed by atoms with Gasteiger partial charge >= 0.3 is 5.65 Å². The monoisotopic (exact) mass is 508 g/mol. The van der Waals surface area contributed by atoms with Crippen molar-refractivity contribution in [3.63, 3.8) is 0 Å². The quantitative estimate of drug-likeness (QED) is 0.355. The summed E-state index contributed by atoms with van der Waals surface area (Å²) in [6.45, 7) is 9.35. The maximum absolute atomic E-state index is 13.6. The van der Waals surface area contributed by atoms with E-state index in [1.807, 2.05) is 24.3 Å². The summed E-state index contributed by atoms with van der Waals surface area (Å²) in [5.74, 6) is 1.40. The number of anilines is 1. The first-order chi connectivity index (χ1) is 17.8. The third-order valence-corrected chi connectivity index (χ3v) is 7.27. The molecule has 37 heavy (non-hydrogen) atoms. The van der Waals surface area contributed by atoms with Gasteiger partial charge in [-0.1, -0.05) is 31.7 Å². The molecule has 0 radical (unpaired) electrons. The highest BCUT2D eigenvalue weighted by Crippen LogP contribution is 2.40. The maximum atomic E-state index is 13.6. The molecule has 0 bridgehead atoms. The summed E-state index contributed by atoms with van der Waals surface area (Å²) in [6.07, 6.45) is 7.69. The zero-order chi connectivity index (χ0) is 26.0. The Morgan fingerprint density at radius 2 is 1.89 bits per heavy atom. The van der Waals surface area contributed by atoms with Crippen LogP contribution in [-0.4, -0.2) is 60.0 Å². The molecule has 0 atom stereocenters. The minimum atomic E-state index is -0.199. The second-order valence-corrected chi connectivity index (χ2v) is 11.0. The first kappa shape index (κ1) is 25.4. The molecule has 2 aromatic heterocycles. The molecule has 2 aliphatic rings. The molecule has 5 rings (SSSR count). The Labute approximate surface area is 218 Å². The van der Waals surface area contributed by atoms with E-state index < -0.39 is 0 Å². The predicted molar refractivity (Wildman–Crippen MR) is 140 cm³/mol. The van der Waals surface area contributed by atoms with Crippen LogP contribution in [0.2, 0.25) is 0 Å². The van der Waals surface area contributed by atoms with Crippen molar-refractivity contribution in [1.82, 2.24) is 14.7 Å². The molecule has 1 saturated heterocycles. The number of carbonyl (C=O) groups is 1. The van der Waals surface area contributed by atoms with Crippen LogP contribution in [-0.2, 0) is 16.7 Å². The molecule has 0 amide bonds. The summed E-state index contributed by atoms with van der Waals surface area (Å²) < 4.78 is 20.9. The van der Waals surface area contributed by atoms with Crippen molar-refractivity contribution >= 4 is 17.1 Å². The van der Waals surface area contributed by atoms with Crippen LogP contribution in [0.25, 0.3) is 5.65 Å². The fraction of sp³-hybridized carbons (Fsp3) is 0.571. The fourth-order valence-corrected chi connectivity index (χ4v) is 5.22. The molecule has 1 aliphatic carbocycles. The van der Waals surface area contributed by atoms with Gasteiger partial charge in [0.2, 0.25) is 5.78 Å². The molecule has 0 unspecified atom stereocenters. The molecule has 198 valence electrons. The van der Waals surface area contributed by atoms with E-state index in [1.54, 1.807) is 22.6 Å². The summed E-state index contributed by atoms with van der Waals surface area (Å²) in [5, 5.41) is 9.03. The first-order valence-electron chi connectivity index (χ1n) is 13.3. The molecule has 3 heterocycles. The number of nitrogens with zero attached hydrogens (tertiary/aromatic N) is 5. The molecule has 0 N–H and O–H groups in total. The standard InChI is InChI=1S/C28H38N5O4/c1-28(2,3)22-16-20(17-23(27(22)35-4)31-12-14-36-15-13-31)24(34)18-32-26-11-10-25(30-33(26)19-29-32)37-21-8-6-5-7-9-21/h10-11,16-17,19,21H,5-9,12-15,18H2,1-4H3/q+1. The number of fused-ring (bicyclic) bond motifs is 1. The van der Waals surface area contributed by atoms with Gasteiger partial charge in [-0.2, -0.15) is 0 Å². The van der Waals surface area contributed by atoms with Gasteiger partial charge in [-0.25, -0.2) is 0 Å². The SMILES string of the molecule is COc1c(N2CCOCC2)cc(C(=O)C[n+]2ncn3nc(OC4CCCCC4)ccc32)cc1C(C)(C)C. The largest absolute Gasteiger partial charge is 0.494 e. The zero-order valence-corrected chi connectivity index (χ0v) is 22.4. The van der Waals surface area contributed by atoms with Gasteiger partial charge in [-0.05, 0) is 53.4 Å². The van der Waals surface area contributed by atoms with E-state index in [4.69, 9.17) is 14.2 Å². The Hall–Kier alpha value is -3.20. The molecule has 9 nitrogen and oxygen atoms in total. The van der Waals surface area contributed by atoms with Crippen LogP contribution in [0.3, 0.4) is 0 Å². The summed E-state index contributed by atoms with van der Waals surface area (Å²) in [4.78, 5) is 15.8. The first-order valence-corrected chi connectivity index (χ1v) is 13.3. The van der Waals surface area contributed by atoms with Crippen LogP contribution in [0.15, 0.2) is 30.6 Å². The number of hydrogen-bond acceptors (Lipinski definition) is 7. The molecule has 9 heteroatoms. The van der Waals surface area contributed by atoms with Crippen molar-refractivity contribution in [3.05, 3.63) is 41.7 Å². The van der Waals surface area contributed by atoms with E-state index in [-0.39, 0.29) is 23.8 Å². The van der Waals surface area contributed by atoms with Crippen molar-refractivity contribution in [3.8, 4) is 11.6 Å². The smallest absolute Gasteiger partial charge is 0.329 e. The van der Waals surface area contributed by atoms with Crippen LogP contribution in [0.4, 0.5) is 5.69 Å². The lowest BCUT2D eigenvalue weighted by Gasteiger charge is -2.33. The third kappa shape index (κ3) is 5.56. The summed E-state index contributed by atoms with van der Waals surface area (Å²) >= 11 is 0. The van der Waals surface area contributed by atoms with Gasteiger partial charge in [0, 0.05) is 36.3 Å². The lowest BCUT2D eigenvalue weighted by atomic mass is 9.84. The molecule has 1 aliphatic heterocycles. The Kier molecular flexibility index (Phi) is 7.33. The molecular formula is C28H38N5O4+. The fourth-order valence-electron chi connectivity index (χ4n) is 5.22. The normalized spacial score (nSPS) is 17.2. The van der Waals surface area contributed by atoms with Crippen molar-refractivity contribution < 1.29 is 23.7 Å². The van der Waals surface area contributed by atoms with Crippen LogP contribution >= 0.6 is 0 Å². The predicted octanol–water partition coefficient (Wildman–Crippen LogP) is 3.75. The molecule has 1 saturated carbocycles. The van der Waals surface area contributed by atoms with E-state index in [1.165, 1.54) is 19.3 Å². The lowest BCUT2D eigenvalue weighted by molar-refractivity contribution is -0.715.